The molecule has 0 aromatic heterocycles. The Balaban J connectivity index is 0.000000155. The molecule has 3 saturated heterocycles. The van der Waals surface area contributed by atoms with E-state index in [9.17, 15) is 0 Å². The Kier molecular flexibility index (Phi) is 16.5. The average Bonchev–Trinajstić information content (AvgIpc) is 3.11. The van der Waals surface area contributed by atoms with Crippen molar-refractivity contribution in [3.63, 3.8) is 0 Å². The first-order valence-corrected chi connectivity index (χ1v) is 23.5. The number of hydrogen-bond donors (Lipinski definition) is 0. The van der Waals surface area contributed by atoms with E-state index in [1.54, 1.807) is 0 Å². The molecular formula is C36H54Cl4N4Ni2-2. The van der Waals surface area contributed by atoms with Gasteiger partial charge in [0.2, 0.25) is 0 Å². The Bertz CT molecular complexity index is 1030. The second-order valence-electron chi connectivity index (χ2n) is 14.4. The molecule has 0 radical (unpaired) electrons. The molecule has 10 atom stereocenters. The van der Waals surface area contributed by atoms with Crippen LogP contribution in [0.2, 0.25) is 0 Å². The van der Waals surface area contributed by atoms with Crippen molar-refractivity contribution < 1.29 is 45.7 Å². The van der Waals surface area contributed by atoms with Crippen LogP contribution in [0.25, 0.3) is 27.3 Å². The minimum absolute atomic E-state index is 0.271. The van der Waals surface area contributed by atoms with Gasteiger partial charge in [-0.05, 0) is 5.56 Å². The van der Waals surface area contributed by atoms with Crippen LogP contribution in [0.15, 0.2) is 30.3 Å². The first kappa shape index (κ1) is 38.0. The van der Waals surface area contributed by atoms with Crippen LogP contribution in [-0.4, -0.2) is 42.3 Å². The third kappa shape index (κ3) is 10.9. The van der Waals surface area contributed by atoms with Gasteiger partial charge < -0.3 is 21.3 Å². The predicted octanol–water partition coefficient (Wildman–Crippen LogP) is 11.2. The Hall–Kier alpha value is 0.787. The first-order valence-electron chi connectivity index (χ1n) is 17.9. The van der Waals surface area contributed by atoms with E-state index in [4.69, 9.17) is 31.5 Å². The molecule has 0 bridgehead atoms. The molecule has 4 nitrogen and oxygen atoms in total. The molecule has 8 rings (SSSR count). The summed E-state index contributed by atoms with van der Waals surface area (Å²) >= 11 is 3.35. The van der Waals surface area contributed by atoms with Crippen LogP contribution in [0, 0.1) is 38.1 Å². The molecule has 6 fully saturated rings. The van der Waals surface area contributed by atoms with Crippen LogP contribution >= 0.6 is 20.4 Å². The van der Waals surface area contributed by atoms with E-state index >= 15 is 0 Å². The van der Waals surface area contributed by atoms with Crippen molar-refractivity contribution in [2.24, 2.45) is 17.8 Å². The van der Waals surface area contributed by atoms with Crippen molar-refractivity contribution in [2.45, 2.75) is 158 Å². The van der Waals surface area contributed by atoms with Gasteiger partial charge in [0.05, 0.1) is 0 Å². The minimum atomic E-state index is -0.819. The molecule has 0 N–H and O–H groups in total. The van der Waals surface area contributed by atoms with Gasteiger partial charge in [0.25, 0.3) is 0 Å². The Morgan fingerprint density at radius 1 is 0.565 bits per heavy atom. The Morgan fingerprint density at radius 3 is 1.48 bits per heavy atom. The van der Waals surface area contributed by atoms with Gasteiger partial charge in [-0.3, -0.25) is 0 Å². The zero-order valence-corrected chi connectivity index (χ0v) is 32.1. The fraction of sp³-hybridized carbons (Fsp3) is 0.778. The summed E-state index contributed by atoms with van der Waals surface area (Å²) in [4.78, 5) is 0. The van der Waals surface area contributed by atoms with Gasteiger partial charge >= 0.3 is 66.1 Å². The van der Waals surface area contributed by atoms with Gasteiger partial charge in [-0.25, -0.2) is 0 Å². The number of para-hydroxylation sites is 1. The van der Waals surface area contributed by atoms with E-state index in [-0.39, 0.29) is 6.04 Å². The number of rotatable bonds is 2. The Morgan fingerprint density at radius 2 is 0.978 bits per heavy atom. The zero-order chi connectivity index (χ0) is 32.3. The van der Waals surface area contributed by atoms with Crippen LogP contribution in [0.5, 0.6) is 0 Å². The maximum atomic E-state index is 5.27. The zero-order valence-electron chi connectivity index (χ0n) is 27.0. The number of hydrogen-bond acceptors (Lipinski definition) is 0. The molecule has 10 unspecified atom stereocenters. The van der Waals surface area contributed by atoms with Crippen LogP contribution in [0.1, 0.15) is 121 Å². The van der Waals surface area contributed by atoms with Crippen molar-refractivity contribution in [1.29, 1.82) is 0 Å². The molecule has 0 spiro atoms. The van der Waals surface area contributed by atoms with E-state index < -0.39 is 10.7 Å². The number of benzene rings is 1. The molecule has 46 heavy (non-hydrogen) atoms. The molecule has 4 heterocycles. The standard InChI is InChI=1S/C18H30N2.C18H22N2.4ClH.2Ni/c2*1-3-7-15-13(5-1)9-11-17(19-15)18-12-10-14-6-2-4-8-16(14)20-18;;;;;;/h13-18H,1-12H2;1,3,5,7,9,11,14,16-18H,2,4,6,8,10,12H2;4*1H;;/q2*-2;;;;;+1;+3/p-2. The van der Waals surface area contributed by atoms with Gasteiger partial charge in [-0.15, -0.1) is 35.9 Å². The fourth-order valence-electron chi connectivity index (χ4n) is 9.49. The van der Waals surface area contributed by atoms with E-state index in [0.29, 0.717) is 36.3 Å². The SMILES string of the molecule is C1=CC(C2CCC3CCCCC3[N-]2)[N-]c2ccccc21.C1CCC2[N-]C(C3CCC4CCCCC4[N-]3)CCC2C1.[Cl][Ni].[Cl][Ni]([ClH+])[ClH+]. The summed E-state index contributed by atoms with van der Waals surface area (Å²) in [5, 5.41) is 20.6. The third-order valence-corrected chi connectivity index (χ3v) is 11.8. The Labute approximate surface area is 308 Å². The summed E-state index contributed by atoms with van der Waals surface area (Å²) in [5.41, 5.74) is 2.39. The summed E-state index contributed by atoms with van der Waals surface area (Å²) in [6, 6.07) is 12.3. The molecular weight excluding hydrogens is 748 g/mol. The van der Waals surface area contributed by atoms with E-state index in [2.05, 4.69) is 81.6 Å². The topological polar surface area (TPSA) is 56.4 Å². The maximum absolute atomic E-state index is 5.27. The molecule has 0 amide bonds. The molecule has 3 saturated carbocycles. The van der Waals surface area contributed by atoms with Crippen molar-refractivity contribution in [2.75, 3.05) is 0 Å². The molecule has 3 aliphatic carbocycles. The van der Waals surface area contributed by atoms with E-state index in [1.165, 1.54) is 121 Å². The number of halogens is 4. The van der Waals surface area contributed by atoms with Crippen molar-refractivity contribution in [3.05, 3.63) is 57.2 Å². The molecule has 1 aromatic rings. The van der Waals surface area contributed by atoms with Gasteiger partial charge in [-0.2, -0.15) is 12.1 Å². The van der Waals surface area contributed by atoms with Gasteiger partial charge in [-0.1, -0.05) is 170 Å². The van der Waals surface area contributed by atoms with Crippen LogP contribution < -0.4 is 0 Å². The summed E-state index contributed by atoms with van der Waals surface area (Å²) in [6.07, 6.45) is 29.6. The average molecular weight is 802 g/mol. The van der Waals surface area contributed by atoms with E-state index in [0.717, 1.165) is 23.4 Å². The summed E-state index contributed by atoms with van der Waals surface area (Å²) in [5.74, 6) is 2.75. The fourth-order valence-corrected chi connectivity index (χ4v) is 9.49. The van der Waals surface area contributed by atoms with Gasteiger partial charge in [0.15, 0.2) is 0 Å². The van der Waals surface area contributed by atoms with Crippen molar-refractivity contribution in [3.8, 4) is 0 Å². The molecule has 10 heteroatoms. The summed E-state index contributed by atoms with van der Waals surface area (Å²) in [6.45, 7) is 0. The van der Waals surface area contributed by atoms with Gasteiger partial charge in [0, 0.05) is 0 Å². The van der Waals surface area contributed by atoms with Crippen LogP contribution in [0.3, 0.4) is 0 Å². The van der Waals surface area contributed by atoms with Crippen LogP contribution in [0.4, 0.5) is 5.69 Å². The number of nitrogens with zero attached hydrogens (tertiary/aromatic N) is 4. The van der Waals surface area contributed by atoms with Crippen molar-refractivity contribution in [1.82, 2.24) is 0 Å². The second kappa shape index (κ2) is 20.0. The molecule has 268 valence electrons. The predicted molar refractivity (Wildman–Crippen MR) is 183 cm³/mol. The van der Waals surface area contributed by atoms with Gasteiger partial charge in [0.1, 0.15) is 0 Å². The normalized spacial score (nSPS) is 38.1. The van der Waals surface area contributed by atoms with E-state index in [1.807, 2.05) is 0 Å². The number of piperidine rings is 3. The molecule has 7 aliphatic rings. The first-order chi connectivity index (χ1) is 22.5. The number of fused-ring (bicyclic) bond motifs is 4. The summed E-state index contributed by atoms with van der Waals surface area (Å²) in [7, 11) is 16.9. The monoisotopic (exact) mass is 798 g/mol. The molecule has 4 aliphatic heterocycles. The molecule has 1 aromatic carbocycles. The van der Waals surface area contributed by atoms with Crippen molar-refractivity contribution >= 4 is 32.2 Å². The summed E-state index contributed by atoms with van der Waals surface area (Å²) < 4.78 is 0. The van der Waals surface area contributed by atoms with Crippen LogP contribution in [-0.2, 0) is 25.3 Å². The second-order valence-corrected chi connectivity index (χ2v) is 19.8. The third-order valence-electron chi connectivity index (χ3n) is 11.8. The quantitative estimate of drug-likeness (QED) is 0.268.